The van der Waals surface area contributed by atoms with Crippen molar-refractivity contribution in [2.24, 2.45) is 0 Å². The largest absolute Gasteiger partial charge is 0.377 e. The lowest BCUT2D eigenvalue weighted by atomic mass is 9.94. The van der Waals surface area contributed by atoms with Crippen LogP contribution >= 0.6 is 11.6 Å². The topological polar surface area (TPSA) is 24.5 Å². The average Bonchev–Trinajstić information content (AvgIpc) is 2.41. The van der Waals surface area contributed by atoms with Crippen LogP contribution in [-0.2, 0) is 11.3 Å². The normalized spacial score (nSPS) is 23.7. The maximum Gasteiger partial charge on any atom is 0.0825 e. The molecule has 0 spiro atoms. The molecule has 1 N–H and O–H groups in total. The van der Waals surface area contributed by atoms with Crippen molar-refractivity contribution < 1.29 is 4.74 Å². The van der Waals surface area contributed by atoms with Crippen LogP contribution in [0.2, 0.25) is 5.02 Å². The van der Waals surface area contributed by atoms with E-state index in [1.807, 2.05) is 19.2 Å². The highest BCUT2D eigenvalue weighted by Crippen LogP contribution is 2.32. The van der Waals surface area contributed by atoms with Crippen LogP contribution < -0.4 is 10.2 Å². The number of rotatable bonds is 4. The fraction of sp³-hybridized carbons (Fsp3) is 0.600. The first-order valence-corrected chi connectivity index (χ1v) is 7.19. The molecule has 0 aromatic heterocycles. The van der Waals surface area contributed by atoms with E-state index in [0.717, 1.165) is 37.5 Å². The number of benzene rings is 1. The molecule has 0 radical (unpaired) electrons. The molecule has 1 aliphatic rings. The minimum absolute atomic E-state index is 0.0581. The number of halogens is 1. The molecule has 1 saturated heterocycles. The Morgan fingerprint density at radius 1 is 1.47 bits per heavy atom. The highest BCUT2D eigenvalue weighted by molar-refractivity contribution is 6.31. The summed E-state index contributed by atoms with van der Waals surface area (Å²) in [5, 5.41) is 4.03. The van der Waals surface area contributed by atoms with Crippen LogP contribution in [0.1, 0.15) is 25.3 Å². The van der Waals surface area contributed by atoms with Crippen LogP contribution in [0.3, 0.4) is 0 Å². The lowest BCUT2D eigenvalue weighted by molar-refractivity contribution is -0.00468. The number of piperidine rings is 1. The van der Waals surface area contributed by atoms with Gasteiger partial charge in [0.25, 0.3) is 0 Å². The van der Waals surface area contributed by atoms with Crippen molar-refractivity contribution in [1.82, 2.24) is 5.32 Å². The van der Waals surface area contributed by atoms with Crippen LogP contribution in [0.15, 0.2) is 18.2 Å². The van der Waals surface area contributed by atoms with Crippen LogP contribution in [0.4, 0.5) is 5.69 Å². The zero-order chi connectivity index (χ0) is 13.9. The molecule has 0 aliphatic carbocycles. The summed E-state index contributed by atoms with van der Waals surface area (Å²) in [7, 11) is 3.75. The SMILES string of the molecule is CNCc1c(Cl)cccc1N1CCCC(C)(OC)C1. The quantitative estimate of drug-likeness (QED) is 0.919. The highest BCUT2D eigenvalue weighted by Gasteiger charge is 2.31. The van der Waals surface area contributed by atoms with E-state index in [1.165, 1.54) is 11.3 Å². The van der Waals surface area contributed by atoms with E-state index in [0.29, 0.717) is 0 Å². The van der Waals surface area contributed by atoms with E-state index in [9.17, 15) is 0 Å². The smallest absolute Gasteiger partial charge is 0.0825 e. The Hall–Kier alpha value is -0.770. The Bertz CT molecular complexity index is 438. The number of nitrogens with zero attached hydrogens (tertiary/aromatic N) is 1. The van der Waals surface area contributed by atoms with Crippen molar-refractivity contribution in [3.63, 3.8) is 0 Å². The first-order valence-electron chi connectivity index (χ1n) is 6.82. The van der Waals surface area contributed by atoms with E-state index in [-0.39, 0.29) is 5.60 Å². The third-order valence-corrected chi connectivity index (χ3v) is 4.29. The fourth-order valence-corrected chi connectivity index (χ4v) is 3.01. The van der Waals surface area contributed by atoms with Gasteiger partial charge in [0.1, 0.15) is 0 Å². The van der Waals surface area contributed by atoms with Gasteiger partial charge in [-0.25, -0.2) is 0 Å². The number of anilines is 1. The summed E-state index contributed by atoms with van der Waals surface area (Å²) in [6.07, 6.45) is 2.26. The maximum atomic E-state index is 6.33. The van der Waals surface area contributed by atoms with Gasteiger partial charge in [-0.2, -0.15) is 0 Å². The van der Waals surface area contributed by atoms with Crippen LogP contribution in [-0.4, -0.2) is 32.8 Å². The lowest BCUT2D eigenvalue weighted by Crippen LogP contribution is -2.47. The van der Waals surface area contributed by atoms with Crippen molar-refractivity contribution in [3.8, 4) is 0 Å². The van der Waals surface area contributed by atoms with Crippen molar-refractivity contribution in [2.75, 3.05) is 32.1 Å². The van der Waals surface area contributed by atoms with E-state index in [2.05, 4.69) is 23.2 Å². The summed E-state index contributed by atoms with van der Waals surface area (Å²) >= 11 is 6.33. The van der Waals surface area contributed by atoms with Gasteiger partial charge in [-0.3, -0.25) is 0 Å². The molecule has 2 rings (SSSR count). The molecular formula is C15H23ClN2O. The zero-order valence-electron chi connectivity index (χ0n) is 12.0. The summed E-state index contributed by atoms with van der Waals surface area (Å²) in [5.74, 6) is 0. The van der Waals surface area contributed by atoms with Crippen LogP contribution in [0.5, 0.6) is 0 Å². The summed E-state index contributed by atoms with van der Waals surface area (Å²) < 4.78 is 5.67. The first-order chi connectivity index (χ1) is 9.09. The fourth-order valence-electron chi connectivity index (χ4n) is 2.77. The van der Waals surface area contributed by atoms with Gasteiger partial charge in [-0.15, -0.1) is 0 Å². The molecule has 3 nitrogen and oxygen atoms in total. The second kappa shape index (κ2) is 6.12. The molecule has 1 fully saturated rings. The monoisotopic (exact) mass is 282 g/mol. The van der Waals surface area contributed by atoms with E-state index < -0.39 is 0 Å². The van der Waals surface area contributed by atoms with Crippen molar-refractivity contribution in [2.45, 2.75) is 31.9 Å². The van der Waals surface area contributed by atoms with Crippen molar-refractivity contribution in [3.05, 3.63) is 28.8 Å². The zero-order valence-corrected chi connectivity index (χ0v) is 12.8. The van der Waals surface area contributed by atoms with Gasteiger partial charge >= 0.3 is 0 Å². The van der Waals surface area contributed by atoms with Gasteiger partial charge in [0, 0.05) is 43.0 Å². The summed E-state index contributed by atoms with van der Waals surface area (Å²) in [6, 6.07) is 6.13. The predicted octanol–water partition coefficient (Wildman–Crippen LogP) is 3.06. The number of nitrogens with one attached hydrogen (secondary N) is 1. The minimum Gasteiger partial charge on any atom is -0.377 e. The molecule has 1 heterocycles. The molecule has 0 amide bonds. The van der Waals surface area contributed by atoms with Crippen molar-refractivity contribution in [1.29, 1.82) is 0 Å². The number of hydrogen-bond acceptors (Lipinski definition) is 3. The third kappa shape index (κ3) is 3.22. The van der Waals surface area contributed by atoms with E-state index >= 15 is 0 Å². The number of ether oxygens (including phenoxy) is 1. The van der Waals surface area contributed by atoms with E-state index in [4.69, 9.17) is 16.3 Å². The Labute approximate surface area is 120 Å². The van der Waals surface area contributed by atoms with Crippen molar-refractivity contribution >= 4 is 17.3 Å². The van der Waals surface area contributed by atoms with Gasteiger partial charge in [0.05, 0.1) is 5.60 Å². The molecule has 1 unspecified atom stereocenters. The highest BCUT2D eigenvalue weighted by atomic mass is 35.5. The van der Waals surface area contributed by atoms with Crippen LogP contribution in [0, 0.1) is 0 Å². The summed E-state index contributed by atoms with van der Waals surface area (Å²) in [4.78, 5) is 2.39. The Morgan fingerprint density at radius 3 is 2.95 bits per heavy atom. The predicted molar refractivity (Wildman–Crippen MR) is 81.1 cm³/mol. The molecule has 1 aliphatic heterocycles. The molecule has 106 valence electrons. The van der Waals surface area contributed by atoms with E-state index in [1.54, 1.807) is 7.11 Å². The molecule has 19 heavy (non-hydrogen) atoms. The molecule has 0 bridgehead atoms. The standard InChI is InChI=1S/C15H23ClN2O/c1-15(19-3)8-5-9-18(11-15)14-7-4-6-13(16)12(14)10-17-2/h4,6-7,17H,5,8-11H2,1-3H3. The first kappa shape index (κ1) is 14.6. The van der Waals surface area contributed by atoms with Gasteiger partial charge in [0.2, 0.25) is 0 Å². The molecule has 1 aromatic carbocycles. The second-order valence-electron chi connectivity index (χ2n) is 5.45. The maximum absolute atomic E-state index is 6.33. The van der Waals surface area contributed by atoms with Gasteiger partial charge in [-0.05, 0) is 38.9 Å². The number of methoxy groups -OCH3 is 1. The molecule has 1 aromatic rings. The Kier molecular flexibility index (Phi) is 4.71. The summed E-state index contributed by atoms with van der Waals surface area (Å²) in [6.45, 7) is 4.95. The molecular weight excluding hydrogens is 260 g/mol. The Balaban J connectivity index is 2.28. The summed E-state index contributed by atoms with van der Waals surface area (Å²) in [5.41, 5.74) is 2.34. The number of hydrogen-bond donors (Lipinski definition) is 1. The average molecular weight is 283 g/mol. The van der Waals surface area contributed by atoms with Gasteiger partial charge in [0.15, 0.2) is 0 Å². The van der Waals surface area contributed by atoms with Gasteiger partial charge < -0.3 is 15.0 Å². The molecule has 4 heteroatoms. The molecule has 1 atom stereocenters. The van der Waals surface area contributed by atoms with Crippen LogP contribution in [0.25, 0.3) is 0 Å². The third-order valence-electron chi connectivity index (χ3n) is 3.94. The van der Waals surface area contributed by atoms with Gasteiger partial charge in [-0.1, -0.05) is 17.7 Å². The Morgan fingerprint density at radius 2 is 2.26 bits per heavy atom. The molecule has 0 saturated carbocycles. The lowest BCUT2D eigenvalue weighted by Gasteiger charge is -2.41. The second-order valence-corrected chi connectivity index (χ2v) is 5.85. The minimum atomic E-state index is -0.0581.